The molecule has 0 unspecified atom stereocenters. The van der Waals surface area contributed by atoms with Gasteiger partial charge >= 0.3 is 0 Å². The van der Waals surface area contributed by atoms with Crippen molar-refractivity contribution in [1.82, 2.24) is 0 Å². The van der Waals surface area contributed by atoms with Crippen LogP contribution < -0.4 is 4.74 Å². The number of hydrogen-bond acceptors (Lipinski definition) is 2. The molecule has 0 heterocycles. The van der Waals surface area contributed by atoms with Gasteiger partial charge in [-0.3, -0.25) is 4.79 Å². The third-order valence-corrected chi connectivity index (χ3v) is 3.75. The van der Waals surface area contributed by atoms with E-state index in [1.54, 1.807) is 24.3 Å². The van der Waals surface area contributed by atoms with Gasteiger partial charge in [-0.15, -0.1) is 0 Å². The second-order valence-corrected chi connectivity index (χ2v) is 4.97. The lowest BCUT2D eigenvalue weighted by Crippen LogP contribution is -2.10. The average molecular weight is 270 g/mol. The van der Waals surface area contributed by atoms with Crippen LogP contribution in [0.5, 0.6) is 5.75 Å². The smallest absolute Gasteiger partial charge is 0.172 e. The lowest BCUT2D eigenvalue weighted by atomic mass is 9.88. The molecule has 0 N–H and O–H groups in total. The van der Waals surface area contributed by atoms with Crippen molar-refractivity contribution in [2.75, 3.05) is 7.11 Å². The molecular weight excluding hydrogens is 255 g/mol. The summed E-state index contributed by atoms with van der Waals surface area (Å²) in [5.41, 5.74) is 3.09. The molecule has 1 aliphatic rings. The highest BCUT2D eigenvalue weighted by Gasteiger charge is 2.18. The van der Waals surface area contributed by atoms with E-state index >= 15 is 0 Å². The lowest BCUT2D eigenvalue weighted by Gasteiger charge is -2.16. The summed E-state index contributed by atoms with van der Waals surface area (Å²) in [5, 5.41) is 0. The largest absolute Gasteiger partial charge is 0.494 e. The maximum absolute atomic E-state index is 14.3. The van der Waals surface area contributed by atoms with E-state index in [9.17, 15) is 9.18 Å². The molecule has 2 nitrogen and oxygen atoms in total. The van der Waals surface area contributed by atoms with Gasteiger partial charge in [-0.25, -0.2) is 4.39 Å². The molecule has 0 amide bonds. The predicted octanol–water partition coefficient (Wildman–Crippen LogP) is 4.02. The van der Waals surface area contributed by atoms with Gasteiger partial charge in [0.25, 0.3) is 0 Å². The van der Waals surface area contributed by atoms with Crippen molar-refractivity contribution in [3.8, 4) is 16.9 Å². The Hall–Kier alpha value is -2.16. The quantitative estimate of drug-likeness (QED) is 0.823. The minimum Gasteiger partial charge on any atom is -0.494 e. The number of carbonyl (C=O) groups is 1. The molecular formula is C17H15FO2. The monoisotopic (exact) mass is 270 g/mol. The van der Waals surface area contributed by atoms with Crippen LogP contribution in [0.2, 0.25) is 0 Å². The van der Waals surface area contributed by atoms with Crippen LogP contribution in [0, 0.1) is 5.82 Å². The van der Waals surface area contributed by atoms with Crippen LogP contribution in [-0.4, -0.2) is 12.9 Å². The predicted molar refractivity (Wildman–Crippen MR) is 75.7 cm³/mol. The second kappa shape index (κ2) is 5.08. The fourth-order valence-electron chi connectivity index (χ4n) is 2.71. The average Bonchev–Trinajstić information content (AvgIpc) is 2.47. The first-order valence-electron chi connectivity index (χ1n) is 6.69. The molecule has 3 heteroatoms. The Morgan fingerprint density at radius 1 is 1.10 bits per heavy atom. The molecule has 2 aromatic carbocycles. The van der Waals surface area contributed by atoms with Gasteiger partial charge in [0.05, 0.1) is 7.11 Å². The summed E-state index contributed by atoms with van der Waals surface area (Å²) < 4.78 is 19.3. The molecule has 0 aromatic heterocycles. The molecule has 0 aliphatic heterocycles. The van der Waals surface area contributed by atoms with E-state index in [1.807, 2.05) is 12.1 Å². The number of methoxy groups -OCH3 is 1. The first kappa shape index (κ1) is 12.9. The molecule has 3 rings (SSSR count). The van der Waals surface area contributed by atoms with Crippen molar-refractivity contribution in [3.63, 3.8) is 0 Å². The van der Waals surface area contributed by atoms with Crippen LogP contribution in [-0.2, 0) is 6.42 Å². The molecule has 0 radical (unpaired) electrons. The number of fused-ring (bicyclic) bond motifs is 1. The maximum Gasteiger partial charge on any atom is 0.172 e. The highest BCUT2D eigenvalue weighted by molar-refractivity contribution is 5.99. The number of rotatable bonds is 2. The SMILES string of the molecule is COc1cccc(-c2ccc3c(c2)CCCC3=O)c1F. The zero-order chi connectivity index (χ0) is 14.1. The van der Waals surface area contributed by atoms with E-state index in [2.05, 4.69) is 0 Å². The van der Waals surface area contributed by atoms with Gasteiger partial charge in [-0.1, -0.05) is 30.3 Å². The summed E-state index contributed by atoms with van der Waals surface area (Å²) in [6, 6.07) is 10.6. The minimum absolute atomic E-state index is 0.184. The van der Waals surface area contributed by atoms with Crippen LogP contribution in [0.3, 0.4) is 0 Å². The molecule has 0 fully saturated rings. The van der Waals surface area contributed by atoms with Crippen molar-refractivity contribution in [1.29, 1.82) is 0 Å². The van der Waals surface area contributed by atoms with E-state index in [-0.39, 0.29) is 17.3 Å². The van der Waals surface area contributed by atoms with E-state index in [0.717, 1.165) is 29.5 Å². The molecule has 0 saturated carbocycles. The van der Waals surface area contributed by atoms with Crippen LogP contribution in [0.4, 0.5) is 4.39 Å². The Labute approximate surface area is 117 Å². The Balaban J connectivity index is 2.10. The summed E-state index contributed by atoms with van der Waals surface area (Å²) in [6.45, 7) is 0. The fourth-order valence-corrected chi connectivity index (χ4v) is 2.71. The second-order valence-electron chi connectivity index (χ2n) is 4.97. The Morgan fingerprint density at radius 2 is 1.95 bits per heavy atom. The van der Waals surface area contributed by atoms with E-state index < -0.39 is 0 Å². The van der Waals surface area contributed by atoms with E-state index in [4.69, 9.17) is 4.74 Å². The molecule has 102 valence electrons. The number of carbonyl (C=O) groups excluding carboxylic acids is 1. The third kappa shape index (κ3) is 2.09. The van der Waals surface area contributed by atoms with Crippen molar-refractivity contribution in [2.24, 2.45) is 0 Å². The van der Waals surface area contributed by atoms with Crippen molar-refractivity contribution in [2.45, 2.75) is 19.3 Å². The van der Waals surface area contributed by atoms with Crippen LogP contribution in [0.1, 0.15) is 28.8 Å². The number of ether oxygens (including phenoxy) is 1. The summed E-state index contributed by atoms with van der Waals surface area (Å²) >= 11 is 0. The Morgan fingerprint density at radius 3 is 2.75 bits per heavy atom. The first-order chi connectivity index (χ1) is 9.70. The van der Waals surface area contributed by atoms with Crippen molar-refractivity contribution >= 4 is 5.78 Å². The van der Waals surface area contributed by atoms with Gasteiger partial charge in [-0.2, -0.15) is 0 Å². The summed E-state index contributed by atoms with van der Waals surface area (Å²) in [6.07, 6.45) is 2.36. The number of ketones is 1. The van der Waals surface area contributed by atoms with Crippen molar-refractivity contribution < 1.29 is 13.9 Å². The molecule has 20 heavy (non-hydrogen) atoms. The first-order valence-corrected chi connectivity index (χ1v) is 6.69. The zero-order valence-electron chi connectivity index (χ0n) is 11.3. The topological polar surface area (TPSA) is 26.3 Å². The molecule has 0 saturated heterocycles. The van der Waals surface area contributed by atoms with E-state index in [1.165, 1.54) is 7.11 Å². The fraction of sp³-hybridized carbons (Fsp3) is 0.235. The molecule has 0 spiro atoms. The number of halogens is 1. The molecule has 0 bridgehead atoms. The summed E-state index contributed by atoms with van der Waals surface area (Å²) in [4.78, 5) is 11.8. The molecule has 1 aliphatic carbocycles. The van der Waals surface area contributed by atoms with Crippen LogP contribution in [0.15, 0.2) is 36.4 Å². The van der Waals surface area contributed by atoms with Crippen LogP contribution in [0.25, 0.3) is 11.1 Å². The number of benzene rings is 2. The van der Waals surface area contributed by atoms with Gasteiger partial charge in [0, 0.05) is 17.5 Å². The standard InChI is InChI=1S/C17H15FO2/c1-20-16-7-3-5-14(17(16)18)12-8-9-13-11(10-12)4-2-6-15(13)19/h3,5,7-10H,2,4,6H2,1H3. The molecule has 2 aromatic rings. The number of Topliss-reactive ketones (excluding diaryl/α,β-unsaturated/α-hetero) is 1. The number of hydrogen-bond donors (Lipinski definition) is 0. The number of aryl methyl sites for hydroxylation is 1. The normalized spacial score (nSPS) is 14.0. The lowest BCUT2D eigenvalue weighted by molar-refractivity contribution is 0.0972. The highest BCUT2D eigenvalue weighted by Crippen LogP contribution is 2.32. The van der Waals surface area contributed by atoms with Gasteiger partial charge in [0.1, 0.15) is 0 Å². The van der Waals surface area contributed by atoms with Crippen LogP contribution >= 0.6 is 0 Å². The third-order valence-electron chi connectivity index (χ3n) is 3.75. The summed E-state index contributed by atoms with van der Waals surface area (Å²) in [5.74, 6) is 0.0531. The molecule has 0 atom stereocenters. The van der Waals surface area contributed by atoms with Gasteiger partial charge in [0.2, 0.25) is 0 Å². The van der Waals surface area contributed by atoms with Gasteiger partial charge < -0.3 is 4.74 Å². The van der Waals surface area contributed by atoms with E-state index in [0.29, 0.717) is 12.0 Å². The summed E-state index contributed by atoms with van der Waals surface area (Å²) in [7, 11) is 1.45. The van der Waals surface area contributed by atoms with Gasteiger partial charge in [-0.05, 0) is 30.0 Å². The Kier molecular flexibility index (Phi) is 3.26. The maximum atomic E-state index is 14.3. The Bertz CT molecular complexity index is 677. The minimum atomic E-state index is -0.364. The van der Waals surface area contributed by atoms with Crippen molar-refractivity contribution in [3.05, 3.63) is 53.3 Å². The van der Waals surface area contributed by atoms with Gasteiger partial charge in [0.15, 0.2) is 17.3 Å². The highest BCUT2D eigenvalue weighted by atomic mass is 19.1. The zero-order valence-corrected chi connectivity index (χ0v) is 11.3.